The van der Waals surface area contributed by atoms with E-state index in [1.807, 2.05) is 42.5 Å². The third kappa shape index (κ3) is 9.06. The number of ketones is 1. The van der Waals surface area contributed by atoms with Gasteiger partial charge >= 0.3 is 5.97 Å². The van der Waals surface area contributed by atoms with Crippen molar-refractivity contribution in [3.63, 3.8) is 0 Å². The van der Waals surface area contributed by atoms with Crippen molar-refractivity contribution in [2.24, 2.45) is 11.8 Å². The first-order valence-corrected chi connectivity index (χ1v) is 23.1. The molecule has 304 valence electrons. The number of esters is 1. The van der Waals surface area contributed by atoms with Crippen LogP contribution in [0.5, 0.6) is 0 Å². The lowest BCUT2D eigenvalue weighted by atomic mass is 9.69. The van der Waals surface area contributed by atoms with Crippen LogP contribution in [0.3, 0.4) is 0 Å². The molecule has 7 rings (SSSR count). The third-order valence-corrected chi connectivity index (χ3v) is 17.7. The first-order chi connectivity index (χ1) is 28.7. The van der Waals surface area contributed by atoms with Crippen LogP contribution in [-0.2, 0) is 28.9 Å². The summed E-state index contributed by atoms with van der Waals surface area (Å²) in [5.74, 6) is -0.345. The smallest absolute Gasteiger partial charge is 0.305 e. The lowest BCUT2D eigenvalue weighted by Gasteiger charge is -2.43. The summed E-state index contributed by atoms with van der Waals surface area (Å²) in [4.78, 5) is 26.5. The zero-order valence-corrected chi connectivity index (χ0v) is 36.0. The highest BCUT2D eigenvalue weighted by Gasteiger charge is 2.58. The van der Waals surface area contributed by atoms with Crippen LogP contribution in [-0.4, -0.2) is 46.5 Å². The van der Waals surface area contributed by atoms with Gasteiger partial charge in [0.1, 0.15) is 0 Å². The Morgan fingerprint density at radius 2 is 1.36 bits per heavy atom. The van der Waals surface area contributed by atoms with Crippen molar-refractivity contribution in [3.05, 3.63) is 181 Å². The number of hydrogen-bond acceptors (Lipinski definition) is 5. The number of ether oxygens (including phenoxy) is 2. The molecule has 0 spiro atoms. The lowest BCUT2D eigenvalue weighted by molar-refractivity contribution is -0.140. The summed E-state index contributed by atoms with van der Waals surface area (Å²) in [5.41, 5.74) is 4.44. The van der Waals surface area contributed by atoms with Crippen LogP contribution in [0.1, 0.15) is 69.9 Å². The second-order valence-electron chi connectivity index (χ2n) is 17.2. The molecule has 5 aromatic rings. The summed E-state index contributed by atoms with van der Waals surface area (Å²) in [6.45, 7) is 7.73. The SMILES string of the molecule is COC(=O)CCC/C=C\C[C@H]1[C@H](/C=C/C(=O)C(CO[Si](c2ccccc2)(c2ccccc2)C(C)(C)C)c2ccccc2)[C@@H]2C[C@@]1(c1ccc(-c3ccccc3)cc1)CO2. The van der Waals surface area contributed by atoms with Gasteiger partial charge in [0.05, 0.1) is 25.7 Å². The van der Waals surface area contributed by atoms with E-state index in [0.717, 1.165) is 31.2 Å². The number of allylic oxidation sites excluding steroid dienone is 3. The highest BCUT2D eigenvalue weighted by atomic mass is 28.4. The topological polar surface area (TPSA) is 61.8 Å². The molecule has 6 heteroatoms. The maximum absolute atomic E-state index is 14.7. The molecule has 1 saturated heterocycles. The standard InChI is InChI=1S/C53H58O5Si/c1-52(2,3)59(44-25-15-9-16-26-44,45-27-17-10-18-28-45)58-38-47(42-23-13-8-14-24-42)49(54)36-35-46-48(29-19-5-6-20-30-51(55)56-4)53(37-50(46)57-39-53)43-33-31-41(32-34-43)40-21-11-7-12-22-40/h5,7-19,21-28,31-36,46-48,50H,6,20,29-30,37-39H2,1-4H3/b19-5-,36-35+/t46-,47?,48-,50-,53-/m0/s1. The van der Waals surface area contributed by atoms with Crippen LogP contribution in [0.4, 0.5) is 0 Å². The summed E-state index contributed by atoms with van der Waals surface area (Å²) in [5, 5.41) is 2.16. The fourth-order valence-corrected chi connectivity index (χ4v) is 14.3. The maximum atomic E-state index is 14.7. The van der Waals surface area contributed by atoms with E-state index < -0.39 is 14.2 Å². The van der Waals surface area contributed by atoms with Gasteiger partial charge < -0.3 is 13.9 Å². The number of methoxy groups -OCH3 is 1. The second kappa shape index (κ2) is 18.8. The quantitative estimate of drug-likeness (QED) is 0.0308. The van der Waals surface area contributed by atoms with Gasteiger partial charge in [-0.05, 0) is 75.3 Å². The van der Waals surface area contributed by atoms with Gasteiger partial charge in [0.25, 0.3) is 8.32 Å². The van der Waals surface area contributed by atoms with Crippen molar-refractivity contribution in [2.45, 2.75) is 75.4 Å². The number of fused-ring (bicyclic) bond motifs is 2. The third-order valence-electron chi connectivity index (χ3n) is 12.7. The number of carbonyl (C=O) groups excluding carboxylic acids is 2. The summed E-state index contributed by atoms with van der Waals surface area (Å²) < 4.78 is 18.8. The lowest BCUT2D eigenvalue weighted by Crippen LogP contribution is -2.66. The molecular weight excluding hydrogens is 745 g/mol. The minimum Gasteiger partial charge on any atom is -0.469 e. The number of hydrogen-bond donors (Lipinski definition) is 0. The summed E-state index contributed by atoms with van der Waals surface area (Å²) >= 11 is 0. The molecule has 0 N–H and O–H groups in total. The average molecular weight is 803 g/mol. The molecule has 1 saturated carbocycles. The van der Waals surface area contributed by atoms with Gasteiger partial charge in [-0.15, -0.1) is 0 Å². The van der Waals surface area contributed by atoms with E-state index in [1.54, 1.807) is 0 Å². The number of benzene rings is 5. The Hall–Kier alpha value is -5.14. The van der Waals surface area contributed by atoms with Gasteiger partial charge in [-0.1, -0.05) is 185 Å². The van der Waals surface area contributed by atoms with Crippen molar-refractivity contribution < 1.29 is 23.5 Å². The summed E-state index contributed by atoms with van der Waals surface area (Å²) in [7, 11) is -1.46. The molecule has 0 radical (unpaired) electrons. The van der Waals surface area contributed by atoms with Gasteiger partial charge in [-0.2, -0.15) is 0 Å². The van der Waals surface area contributed by atoms with E-state index in [2.05, 4.69) is 148 Å². The molecule has 59 heavy (non-hydrogen) atoms. The molecule has 0 aromatic heterocycles. The molecule has 0 amide bonds. The normalized spacial score (nSPS) is 20.9. The van der Waals surface area contributed by atoms with Crippen molar-refractivity contribution in [1.29, 1.82) is 0 Å². The Labute approximate surface area is 352 Å². The fraction of sp³-hybridized carbons (Fsp3) is 0.321. The Balaban J connectivity index is 1.18. The Bertz CT molecular complexity index is 2140. The molecule has 2 bridgehead atoms. The van der Waals surface area contributed by atoms with Crippen LogP contribution >= 0.6 is 0 Å². The van der Waals surface area contributed by atoms with Crippen LogP contribution in [0.15, 0.2) is 170 Å². The van der Waals surface area contributed by atoms with Crippen LogP contribution in [0, 0.1) is 11.8 Å². The van der Waals surface area contributed by atoms with Gasteiger partial charge in [-0.3, -0.25) is 9.59 Å². The first kappa shape index (κ1) is 42.0. The molecule has 2 aliphatic rings. The molecule has 5 nitrogen and oxygen atoms in total. The fourth-order valence-electron chi connectivity index (χ4n) is 9.69. The largest absolute Gasteiger partial charge is 0.469 e. The van der Waals surface area contributed by atoms with Gasteiger partial charge in [0.15, 0.2) is 5.78 Å². The molecule has 1 heterocycles. The van der Waals surface area contributed by atoms with Crippen LogP contribution < -0.4 is 10.4 Å². The molecule has 1 unspecified atom stereocenters. The van der Waals surface area contributed by atoms with Gasteiger partial charge in [0.2, 0.25) is 0 Å². The molecule has 2 fully saturated rings. The van der Waals surface area contributed by atoms with E-state index >= 15 is 0 Å². The van der Waals surface area contributed by atoms with E-state index in [4.69, 9.17) is 13.9 Å². The van der Waals surface area contributed by atoms with E-state index in [-0.39, 0.29) is 46.8 Å². The zero-order valence-electron chi connectivity index (χ0n) is 35.0. The molecular formula is C53H58O5Si. The van der Waals surface area contributed by atoms with Crippen molar-refractivity contribution in [2.75, 3.05) is 20.3 Å². The van der Waals surface area contributed by atoms with E-state index in [1.165, 1.54) is 34.2 Å². The van der Waals surface area contributed by atoms with Crippen LogP contribution in [0.2, 0.25) is 5.04 Å². The van der Waals surface area contributed by atoms with Gasteiger partial charge in [-0.25, -0.2) is 0 Å². The predicted molar refractivity (Wildman–Crippen MR) is 241 cm³/mol. The van der Waals surface area contributed by atoms with Crippen LogP contribution in [0.25, 0.3) is 11.1 Å². The maximum Gasteiger partial charge on any atom is 0.305 e. The number of carbonyl (C=O) groups is 2. The average Bonchev–Trinajstić information content (AvgIpc) is 3.84. The molecule has 5 aromatic carbocycles. The Kier molecular flexibility index (Phi) is 13.4. The number of rotatable bonds is 17. The van der Waals surface area contributed by atoms with Crippen molar-refractivity contribution >= 4 is 30.4 Å². The molecule has 1 aliphatic carbocycles. The zero-order chi connectivity index (χ0) is 41.3. The minimum atomic E-state index is -2.90. The summed E-state index contributed by atoms with van der Waals surface area (Å²) in [6, 6.07) is 50.8. The van der Waals surface area contributed by atoms with E-state index in [0.29, 0.717) is 13.0 Å². The monoisotopic (exact) mass is 802 g/mol. The van der Waals surface area contributed by atoms with Gasteiger partial charge in [0, 0.05) is 24.4 Å². The first-order valence-electron chi connectivity index (χ1n) is 21.2. The van der Waals surface area contributed by atoms with Crippen molar-refractivity contribution in [3.8, 4) is 11.1 Å². The second-order valence-corrected chi connectivity index (χ2v) is 21.5. The Morgan fingerprint density at radius 1 is 0.780 bits per heavy atom. The highest BCUT2D eigenvalue weighted by molar-refractivity contribution is 6.99. The molecule has 5 atom stereocenters. The van der Waals surface area contributed by atoms with Crippen molar-refractivity contribution in [1.82, 2.24) is 0 Å². The van der Waals surface area contributed by atoms with E-state index in [9.17, 15) is 9.59 Å². The predicted octanol–water partition coefficient (Wildman–Crippen LogP) is 10.4. The minimum absolute atomic E-state index is 0.00843. The highest BCUT2D eigenvalue weighted by Crippen LogP contribution is 2.57. The number of unbranched alkanes of at least 4 members (excludes halogenated alkanes) is 1. The summed E-state index contributed by atoms with van der Waals surface area (Å²) in [6.07, 6.45) is 12.2. The molecule has 1 aliphatic heterocycles. The Morgan fingerprint density at radius 3 is 1.95 bits per heavy atom.